The Kier molecular flexibility index (Phi) is 13.7. The van der Waals surface area contributed by atoms with E-state index >= 15 is 0 Å². The van der Waals surface area contributed by atoms with Crippen LogP contribution in [0.5, 0.6) is 0 Å². The van der Waals surface area contributed by atoms with Crippen LogP contribution in [0.2, 0.25) is 0 Å². The van der Waals surface area contributed by atoms with Crippen LogP contribution in [-0.2, 0) is 0 Å². The van der Waals surface area contributed by atoms with Crippen LogP contribution in [0.25, 0.3) is 210 Å². The molecular formula is C94H56N6O2. The number of fused-ring (bicyclic) bond motifs is 13. The first-order chi connectivity index (χ1) is 50.5. The molecule has 4 heterocycles. The number of hydrogen-bond donors (Lipinski definition) is 0. The summed E-state index contributed by atoms with van der Waals surface area (Å²) >= 11 is 0. The number of rotatable bonds is 8. The number of furan rings is 2. The Morgan fingerprint density at radius 2 is 0.471 bits per heavy atom. The molecule has 8 heteroatoms. The lowest BCUT2D eigenvalue weighted by Gasteiger charge is -2.14. The summed E-state index contributed by atoms with van der Waals surface area (Å²) in [6, 6.07) is 119. The molecule has 8 nitrogen and oxygen atoms in total. The summed E-state index contributed by atoms with van der Waals surface area (Å²) in [5, 5.41) is 20.4. The lowest BCUT2D eigenvalue weighted by molar-refractivity contribution is 0.669. The standard InChI is InChI=1S/C49H29N3O.C45H27N3O/c1-2-13-32-27-35(24-23-30(32)11-1)47-50-48(41-21-9-16-31-12-5-6-17-36(31)41)52-49(51-47)42-26-25-39(37-18-7-8-19-38(37)42)40-20-10-22-44-46(40)43-28-33-14-3-4-15-34(33)29-45(43)53-44;1-2-13-29(14-3-1)43-46-44(37-22-10-17-28-12-6-7-18-32(28)37)48-45(47-43)38-25-24-35(33-19-8-9-20-34(33)38)36-21-11-23-40-42(36)39-26-30-15-4-5-16-31(30)27-41(39)49-40/h1-29H;1-27H. The Balaban J connectivity index is 0.000000137. The van der Waals surface area contributed by atoms with Gasteiger partial charge in [0, 0.05) is 54.9 Å². The number of aromatic nitrogens is 6. The van der Waals surface area contributed by atoms with Crippen LogP contribution < -0.4 is 0 Å². The van der Waals surface area contributed by atoms with Crippen LogP contribution >= 0.6 is 0 Å². The van der Waals surface area contributed by atoms with Crippen molar-refractivity contribution in [1.82, 2.24) is 29.9 Å². The second kappa shape index (κ2) is 24.0. The van der Waals surface area contributed by atoms with Crippen molar-refractivity contribution in [2.75, 3.05) is 0 Å². The monoisotopic (exact) mass is 1300 g/mol. The van der Waals surface area contributed by atoms with Gasteiger partial charge in [-0.1, -0.05) is 285 Å². The van der Waals surface area contributed by atoms with Gasteiger partial charge in [0.1, 0.15) is 22.3 Å². The number of hydrogen-bond acceptors (Lipinski definition) is 8. The minimum Gasteiger partial charge on any atom is -0.456 e. The highest BCUT2D eigenvalue weighted by molar-refractivity contribution is 6.20. The molecule has 0 spiro atoms. The molecule has 0 aliphatic carbocycles. The van der Waals surface area contributed by atoms with E-state index in [0.717, 1.165) is 148 Å². The fourth-order valence-corrected chi connectivity index (χ4v) is 15.2. The van der Waals surface area contributed by atoms with Gasteiger partial charge in [-0.05, 0) is 152 Å². The van der Waals surface area contributed by atoms with Crippen molar-refractivity contribution in [1.29, 1.82) is 0 Å². The Labute approximate surface area is 584 Å². The molecule has 0 unspecified atom stereocenters. The highest BCUT2D eigenvalue weighted by atomic mass is 16.3. The molecule has 0 saturated carbocycles. The molecule has 21 rings (SSSR count). The van der Waals surface area contributed by atoms with Crippen LogP contribution in [0.1, 0.15) is 0 Å². The summed E-state index contributed by atoms with van der Waals surface area (Å²) < 4.78 is 12.9. The summed E-state index contributed by atoms with van der Waals surface area (Å²) in [5.41, 5.74) is 13.8. The van der Waals surface area contributed by atoms with Gasteiger partial charge in [-0.25, -0.2) is 29.9 Å². The van der Waals surface area contributed by atoms with E-state index < -0.39 is 0 Å². The molecular weight excluding hydrogens is 1250 g/mol. The third-order valence-electron chi connectivity index (χ3n) is 20.0. The lowest BCUT2D eigenvalue weighted by atomic mass is 9.92. The molecule has 0 saturated heterocycles. The third-order valence-corrected chi connectivity index (χ3v) is 20.0. The predicted molar refractivity (Wildman–Crippen MR) is 420 cm³/mol. The summed E-state index contributed by atoms with van der Waals surface area (Å²) in [4.78, 5) is 30.9. The molecule has 0 bridgehead atoms. The maximum Gasteiger partial charge on any atom is 0.164 e. The fourth-order valence-electron chi connectivity index (χ4n) is 15.2. The maximum absolute atomic E-state index is 6.47. The van der Waals surface area contributed by atoms with Crippen molar-refractivity contribution in [3.63, 3.8) is 0 Å². The average Bonchev–Trinajstić information content (AvgIpc) is 1.70. The van der Waals surface area contributed by atoms with Crippen molar-refractivity contribution in [3.8, 4) is 90.6 Å². The van der Waals surface area contributed by atoms with Gasteiger partial charge in [0.2, 0.25) is 0 Å². The summed E-state index contributed by atoms with van der Waals surface area (Å²) in [6.45, 7) is 0. The van der Waals surface area contributed by atoms with Gasteiger partial charge in [0.25, 0.3) is 0 Å². The van der Waals surface area contributed by atoms with Crippen molar-refractivity contribution in [2.45, 2.75) is 0 Å². The summed E-state index contributed by atoms with van der Waals surface area (Å²) in [7, 11) is 0. The van der Waals surface area contributed by atoms with Gasteiger partial charge in [0.05, 0.1) is 0 Å². The number of benzene rings is 17. The minimum absolute atomic E-state index is 0.632. The van der Waals surface area contributed by atoms with Gasteiger partial charge >= 0.3 is 0 Å². The molecule has 0 fully saturated rings. The van der Waals surface area contributed by atoms with Crippen molar-refractivity contribution < 1.29 is 8.83 Å². The smallest absolute Gasteiger partial charge is 0.164 e. The second-order valence-electron chi connectivity index (χ2n) is 26.0. The first-order valence-corrected chi connectivity index (χ1v) is 34.3. The van der Waals surface area contributed by atoms with E-state index in [0.29, 0.717) is 34.9 Å². The first-order valence-electron chi connectivity index (χ1n) is 34.3. The van der Waals surface area contributed by atoms with Gasteiger partial charge in [-0.3, -0.25) is 0 Å². The summed E-state index contributed by atoms with van der Waals surface area (Å²) in [6.07, 6.45) is 0. The SMILES string of the molecule is c1ccc(-c2nc(-c3cccc4ccccc34)nc(-c3ccc(-c4cccc5oc6cc7ccccc7cc6c45)c4ccccc34)n2)cc1.c1ccc2cc(-c3nc(-c4cccc5ccccc45)nc(-c4ccc(-c5cccc6oc7cc8ccccc8cc7c56)c5ccccc45)n3)ccc2c1. The molecule has 0 atom stereocenters. The Morgan fingerprint density at radius 1 is 0.157 bits per heavy atom. The minimum atomic E-state index is 0.632. The van der Waals surface area contributed by atoms with Gasteiger partial charge in [-0.15, -0.1) is 0 Å². The molecule has 102 heavy (non-hydrogen) atoms. The van der Waals surface area contributed by atoms with E-state index in [1.807, 2.05) is 30.3 Å². The van der Waals surface area contributed by atoms with E-state index in [9.17, 15) is 0 Å². The van der Waals surface area contributed by atoms with Crippen molar-refractivity contribution in [2.24, 2.45) is 0 Å². The zero-order valence-corrected chi connectivity index (χ0v) is 54.8. The Morgan fingerprint density at radius 3 is 0.931 bits per heavy atom. The average molecular weight is 1300 g/mol. The molecule has 0 radical (unpaired) electrons. The highest BCUT2D eigenvalue weighted by Gasteiger charge is 2.23. The van der Waals surface area contributed by atoms with Crippen LogP contribution in [0.15, 0.2) is 349 Å². The fraction of sp³-hybridized carbons (Fsp3) is 0. The van der Waals surface area contributed by atoms with E-state index in [2.05, 4.69) is 309 Å². The van der Waals surface area contributed by atoms with E-state index in [-0.39, 0.29) is 0 Å². The second-order valence-corrected chi connectivity index (χ2v) is 26.0. The predicted octanol–water partition coefficient (Wildman–Crippen LogP) is 25.0. The lowest BCUT2D eigenvalue weighted by Crippen LogP contribution is -2.01. The molecule has 474 valence electrons. The Hall–Kier alpha value is -13.8. The Bertz CT molecular complexity index is 6970. The number of nitrogens with zero attached hydrogens (tertiary/aromatic N) is 6. The zero-order chi connectivity index (χ0) is 67.2. The van der Waals surface area contributed by atoms with Crippen molar-refractivity contribution in [3.05, 3.63) is 340 Å². The largest absolute Gasteiger partial charge is 0.456 e. The van der Waals surface area contributed by atoms with E-state index in [1.165, 1.54) is 26.9 Å². The zero-order valence-electron chi connectivity index (χ0n) is 54.8. The van der Waals surface area contributed by atoms with E-state index in [4.69, 9.17) is 38.7 Å². The van der Waals surface area contributed by atoms with Gasteiger partial charge < -0.3 is 8.83 Å². The quantitative estimate of drug-likeness (QED) is 0.148. The third kappa shape index (κ3) is 9.99. The topological polar surface area (TPSA) is 104 Å². The van der Waals surface area contributed by atoms with Crippen molar-refractivity contribution >= 4 is 119 Å². The molecule has 4 aromatic heterocycles. The molecule has 0 N–H and O–H groups in total. The van der Waals surface area contributed by atoms with E-state index in [1.54, 1.807) is 0 Å². The molecule has 0 amide bonds. The van der Waals surface area contributed by atoms with Gasteiger partial charge in [0.15, 0.2) is 34.9 Å². The first kappa shape index (κ1) is 58.3. The normalized spacial score (nSPS) is 11.7. The summed E-state index contributed by atoms with van der Waals surface area (Å²) in [5.74, 6) is 3.84. The maximum atomic E-state index is 6.47. The van der Waals surface area contributed by atoms with Crippen LogP contribution in [0.3, 0.4) is 0 Å². The van der Waals surface area contributed by atoms with Gasteiger partial charge in [-0.2, -0.15) is 0 Å². The molecule has 21 aromatic rings. The molecule has 0 aliphatic heterocycles. The van der Waals surface area contributed by atoms with Crippen LogP contribution in [0, 0.1) is 0 Å². The highest BCUT2D eigenvalue weighted by Crippen LogP contribution is 2.46. The molecule has 17 aromatic carbocycles. The molecule has 0 aliphatic rings. The van der Waals surface area contributed by atoms with Crippen LogP contribution in [-0.4, -0.2) is 29.9 Å². The van der Waals surface area contributed by atoms with Crippen LogP contribution in [0.4, 0.5) is 0 Å².